The molecule has 0 radical (unpaired) electrons. The lowest BCUT2D eigenvalue weighted by atomic mass is 10.1. The zero-order valence-electron chi connectivity index (χ0n) is 12.6. The molecule has 0 aromatic carbocycles. The molecule has 0 bridgehead atoms. The van der Waals surface area contributed by atoms with Crippen LogP contribution >= 0.6 is 0 Å². The van der Waals surface area contributed by atoms with Gasteiger partial charge in [-0.1, -0.05) is 19.0 Å². The second-order valence-corrected chi connectivity index (χ2v) is 5.63. The van der Waals surface area contributed by atoms with E-state index in [1.165, 1.54) is 0 Å². The molecule has 1 aliphatic rings. The van der Waals surface area contributed by atoms with E-state index < -0.39 is 0 Å². The van der Waals surface area contributed by atoms with Gasteiger partial charge in [0.15, 0.2) is 5.82 Å². The van der Waals surface area contributed by atoms with Crippen molar-refractivity contribution in [2.24, 2.45) is 0 Å². The largest absolute Gasteiger partial charge is 0.334 e. The van der Waals surface area contributed by atoms with Crippen molar-refractivity contribution in [1.29, 1.82) is 0 Å². The van der Waals surface area contributed by atoms with Crippen LogP contribution in [0.2, 0.25) is 0 Å². The predicted molar refractivity (Wildman–Crippen MR) is 77.7 cm³/mol. The number of aromatic nitrogens is 4. The molecule has 7 nitrogen and oxygen atoms in total. The van der Waals surface area contributed by atoms with Gasteiger partial charge in [-0.05, 0) is 13.0 Å². The Balaban J connectivity index is 1.92. The van der Waals surface area contributed by atoms with Gasteiger partial charge in [-0.25, -0.2) is 9.97 Å². The first-order valence-corrected chi connectivity index (χ1v) is 7.21. The van der Waals surface area contributed by atoms with Crippen molar-refractivity contribution in [2.75, 3.05) is 26.7 Å². The molecule has 1 unspecified atom stereocenters. The van der Waals surface area contributed by atoms with E-state index in [-0.39, 0.29) is 12.0 Å². The highest BCUT2D eigenvalue weighted by Crippen LogP contribution is 2.27. The van der Waals surface area contributed by atoms with E-state index in [4.69, 9.17) is 4.52 Å². The van der Waals surface area contributed by atoms with Gasteiger partial charge in [0.2, 0.25) is 0 Å². The number of nitrogens with zero attached hydrogens (tertiary/aromatic N) is 5. The van der Waals surface area contributed by atoms with Crippen molar-refractivity contribution < 1.29 is 4.52 Å². The van der Waals surface area contributed by atoms with Gasteiger partial charge in [-0.2, -0.15) is 4.98 Å². The van der Waals surface area contributed by atoms with Gasteiger partial charge in [-0.3, -0.25) is 4.90 Å². The molecule has 0 amide bonds. The lowest BCUT2D eigenvalue weighted by Crippen LogP contribution is -2.44. The number of rotatable bonds is 3. The van der Waals surface area contributed by atoms with Crippen LogP contribution in [0.4, 0.5) is 0 Å². The quantitative estimate of drug-likeness (QED) is 0.909. The van der Waals surface area contributed by atoms with Crippen molar-refractivity contribution in [3.8, 4) is 11.5 Å². The summed E-state index contributed by atoms with van der Waals surface area (Å²) >= 11 is 0. The standard InChI is InChI=1S/C14H20N6O/c1-9(2)12-10(6-16-8-17-12)14-18-13(19-21-14)11-7-15-4-5-20(11)3/h6,8-9,11,15H,4-5,7H2,1-3H3. The topological polar surface area (TPSA) is 80.0 Å². The summed E-state index contributed by atoms with van der Waals surface area (Å²) in [7, 11) is 2.08. The summed E-state index contributed by atoms with van der Waals surface area (Å²) in [6.45, 7) is 6.96. The van der Waals surface area contributed by atoms with Gasteiger partial charge in [0.05, 0.1) is 17.3 Å². The fraction of sp³-hybridized carbons (Fsp3) is 0.571. The summed E-state index contributed by atoms with van der Waals surface area (Å²) in [5, 5.41) is 7.50. The smallest absolute Gasteiger partial charge is 0.261 e. The summed E-state index contributed by atoms with van der Waals surface area (Å²) in [5.41, 5.74) is 1.74. The average molecular weight is 288 g/mol. The van der Waals surface area contributed by atoms with Gasteiger partial charge in [0.25, 0.3) is 5.89 Å². The Morgan fingerprint density at radius 2 is 2.29 bits per heavy atom. The van der Waals surface area contributed by atoms with E-state index in [1.807, 2.05) is 0 Å². The molecule has 1 aliphatic heterocycles. The Labute approximate surface area is 123 Å². The Morgan fingerprint density at radius 3 is 3.05 bits per heavy atom. The molecule has 7 heteroatoms. The minimum atomic E-state index is 0.142. The molecule has 0 saturated carbocycles. The lowest BCUT2D eigenvalue weighted by molar-refractivity contribution is 0.190. The Morgan fingerprint density at radius 1 is 1.43 bits per heavy atom. The third-order valence-corrected chi connectivity index (χ3v) is 3.77. The molecule has 2 aromatic rings. The van der Waals surface area contributed by atoms with Crippen molar-refractivity contribution in [2.45, 2.75) is 25.8 Å². The molecule has 0 aliphatic carbocycles. The zero-order chi connectivity index (χ0) is 14.8. The van der Waals surface area contributed by atoms with Crippen LogP contribution in [0.3, 0.4) is 0 Å². The second kappa shape index (κ2) is 5.87. The highest BCUT2D eigenvalue weighted by atomic mass is 16.5. The Bertz CT molecular complexity index is 611. The third kappa shape index (κ3) is 2.79. The minimum absolute atomic E-state index is 0.142. The van der Waals surface area contributed by atoms with Crippen LogP contribution in [0.25, 0.3) is 11.5 Å². The van der Waals surface area contributed by atoms with Crippen molar-refractivity contribution >= 4 is 0 Å². The van der Waals surface area contributed by atoms with E-state index in [1.54, 1.807) is 12.5 Å². The van der Waals surface area contributed by atoms with Gasteiger partial charge >= 0.3 is 0 Å². The fourth-order valence-electron chi connectivity index (χ4n) is 2.54. The van der Waals surface area contributed by atoms with Gasteiger partial charge < -0.3 is 9.84 Å². The average Bonchev–Trinajstić information content (AvgIpc) is 2.97. The second-order valence-electron chi connectivity index (χ2n) is 5.63. The molecule has 2 aromatic heterocycles. The molecule has 3 heterocycles. The number of nitrogens with one attached hydrogen (secondary N) is 1. The number of hydrogen-bond donors (Lipinski definition) is 1. The molecule has 1 fully saturated rings. The lowest BCUT2D eigenvalue weighted by Gasteiger charge is -2.30. The van der Waals surface area contributed by atoms with E-state index in [2.05, 4.69) is 51.2 Å². The highest BCUT2D eigenvalue weighted by Gasteiger charge is 2.26. The SMILES string of the molecule is CC(C)c1ncncc1-c1nc(C2CNCCN2C)no1. The summed E-state index contributed by atoms with van der Waals surface area (Å²) in [6.07, 6.45) is 3.29. The zero-order valence-corrected chi connectivity index (χ0v) is 12.6. The van der Waals surface area contributed by atoms with Crippen LogP contribution < -0.4 is 5.32 Å². The molecule has 1 saturated heterocycles. The molecule has 21 heavy (non-hydrogen) atoms. The predicted octanol–water partition coefficient (Wildman–Crippen LogP) is 1.23. The molecule has 1 atom stereocenters. The maximum absolute atomic E-state index is 5.45. The van der Waals surface area contributed by atoms with Crippen LogP contribution in [0.15, 0.2) is 17.0 Å². The molecular formula is C14H20N6O. The van der Waals surface area contributed by atoms with E-state index in [0.717, 1.165) is 30.9 Å². The first-order valence-electron chi connectivity index (χ1n) is 7.21. The van der Waals surface area contributed by atoms with Gasteiger partial charge in [0.1, 0.15) is 6.33 Å². The first-order chi connectivity index (χ1) is 10.2. The molecule has 3 rings (SSSR count). The summed E-state index contributed by atoms with van der Waals surface area (Å²) in [6, 6.07) is 0.142. The number of hydrogen-bond acceptors (Lipinski definition) is 7. The molecule has 1 N–H and O–H groups in total. The Hall–Kier alpha value is -1.86. The summed E-state index contributed by atoms with van der Waals surface area (Å²) in [5.74, 6) is 1.48. The third-order valence-electron chi connectivity index (χ3n) is 3.77. The normalized spacial score (nSPS) is 20.1. The van der Waals surface area contributed by atoms with Crippen molar-refractivity contribution in [1.82, 2.24) is 30.3 Å². The maximum Gasteiger partial charge on any atom is 0.261 e. The fourth-order valence-corrected chi connectivity index (χ4v) is 2.54. The molecule has 112 valence electrons. The van der Waals surface area contributed by atoms with Crippen LogP contribution in [0.5, 0.6) is 0 Å². The van der Waals surface area contributed by atoms with Crippen molar-refractivity contribution in [3.63, 3.8) is 0 Å². The van der Waals surface area contributed by atoms with Crippen molar-refractivity contribution in [3.05, 3.63) is 24.0 Å². The first kappa shape index (κ1) is 14.1. The van der Waals surface area contributed by atoms with E-state index in [9.17, 15) is 0 Å². The summed E-state index contributed by atoms with van der Waals surface area (Å²) < 4.78 is 5.45. The van der Waals surface area contributed by atoms with E-state index in [0.29, 0.717) is 11.7 Å². The van der Waals surface area contributed by atoms with Gasteiger partial charge in [-0.15, -0.1) is 0 Å². The molecule has 0 spiro atoms. The highest BCUT2D eigenvalue weighted by molar-refractivity contribution is 5.55. The van der Waals surface area contributed by atoms with Crippen LogP contribution in [0.1, 0.15) is 37.3 Å². The van der Waals surface area contributed by atoms with Crippen LogP contribution in [0, 0.1) is 0 Å². The minimum Gasteiger partial charge on any atom is -0.334 e. The Kier molecular flexibility index (Phi) is 3.94. The van der Waals surface area contributed by atoms with Crippen LogP contribution in [-0.4, -0.2) is 51.7 Å². The van der Waals surface area contributed by atoms with Crippen LogP contribution in [-0.2, 0) is 0 Å². The van der Waals surface area contributed by atoms with E-state index >= 15 is 0 Å². The molecular weight excluding hydrogens is 268 g/mol. The van der Waals surface area contributed by atoms with Gasteiger partial charge in [0, 0.05) is 25.8 Å². The summed E-state index contributed by atoms with van der Waals surface area (Å²) in [4.78, 5) is 15.2. The monoisotopic (exact) mass is 288 g/mol. The maximum atomic E-state index is 5.45. The number of likely N-dealkylation sites (N-methyl/N-ethyl adjacent to an activating group) is 1. The number of piperazine rings is 1.